The summed E-state index contributed by atoms with van der Waals surface area (Å²) in [4.78, 5) is 26.2. The monoisotopic (exact) mass is 292 g/mol. The van der Waals surface area contributed by atoms with Crippen molar-refractivity contribution in [3.05, 3.63) is 24.3 Å². The molecule has 1 heterocycles. The fraction of sp³-hybridized carbons (Fsp3) is 0.467. The molecule has 0 spiro atoms. The Hall–Kier alpha value is -1.49. The van der Waals surface area contributed by atoms with Gasteiger partial charge in [0.1, 0.15) is 0 Å². The van der Waals surface area contributed by atoms with Gasteiger partial charge in [-0.1, -0.05) is 19.1 Å². The Balaban J connectivity index is 2.10. The lowest BCUT2D eigenvalue weighted by atomic mass is 10.2. The largest absolute Gasteiger partial charge is 0.356 e. The minimum absolute atomic E-state index is 0.0703. The number of hydrogen-bond donors (Lipinski definition) is 1. The average molecular weight is 292 g/mol. The van der Waals surface area contributed by atoms with Gasteiger partial charge in [-0.25, -0.2) is 0 Å². The van der Waals surface area contributed by atoms with Gasteiger partial charge < -0.3 is 10.2 Å². The first-order chi connectivity index (χ1) is 9.58. The highest BCUT2D eigenvalue weighted by atomic mass is 32.2. The standard InChI is InChI=1S/C15H20N2O2S/c1-11-8-10-17(15(19)7-9-16-12(2)18)13-5-3-4-6-14(13)20-11/h3-6,11H,7-10H2,1-2H3,(H,16,18). The van der Waals surface area contributed by atoms with Crippen molar-refractivity contribution in [1.82, 2.24) is 5.32 Å². The van der Waals surface area contributed by atoms with E-state index in [-0.39, 0.29) is 11.8 Å². The quantitative estimate of drug-likeness (QED) is 0.931. The molecule has 0 aromatic heterocycles. The lowest BCUT2D eigenvalue weighted by molar-refractivity contribution is -0.120. The van der Waals surface area contributed by atoms with E-state index in [9.17, 15) is 9.59 Å². The Kier molecular flexibility index (Phi) is 5.06. The number of amides is 2. The fourth-order valence-corrected chi connectivity index (χ4v) is 3.34. The number of nitrogens with one attached hydrogen (secondary N) is 1. The normalized spacial score (nSPS) is 18.1. The van der Waals surface area contributed by atoms with E-state index < -0.39 is 0 Å². The van der Waals surface area contributed by atoms with Crippen LogP contribution in [-0.2, 0) is 9.59 Å². The summed E-state index contributed by atoms with van der Waals surface area (Å²) in [6, 6.07) is 8.03. The molecule has 1 aromatic carbocycles. The third kappa shape index (κ3) is 3.76. The second-order valence-electron chi connectivity index (χ2n) is 4.96. The number of fused-ring (bicyclic) bond motifs is 1. The Bertz CT molecular complexity index is 504. The molecule has 1 aliphatic heterocycles. The van der Waals surface area contributed by atoms with Crippen LogP contribution in [0.25, 0.3) is 0 Å². The molecule has 2 rings (SSSR count). The summed E-state index contributed by atoms with van der Waals surface area (Å²) in [7, 11) is 0. The highest BCUT2D eigenvalue weighted by Crippen LogP contribution is 2.37. The maximum atomic E-state index is 12.4. The van der Waals surface area contributed by atoms with Gasteiger partial charge in [0.05, 0.1) is 5.69 Å². The van der Waals surface area contributed by atoms with Crippen LogP contribution in [0.3, 0.4) is 0 Å². The zero-order chi connectivity index (χ0) is 14.5. The molecule has 20 heavy (non-hydrogen) atoms. The number of para-hydroxylation sites is 1. The van der Waals surface area contributed by atoms with Crippen molar-refractivity contribution in [3.8, 4) is 0 Å². The molecule has 1 atom stereocenters. The van der Waals surface area contributed by atoms with Crippen LogP contribution >= 0.6 is 11.8 Å². The molecule has 4 nitrogen and oxygen atoms in total. The van der Waals surface area contributed by atoms with Gasteiger partial charge >= 0.3 is 0 Å². The van der Waals surface area contributed by atoms with Crippen molar-refractivity contribution in [2.75, 3.05) is 18.0 Å². The molecule has 1 aliphatic rings. The first-order valence-electron chi connectivity index (χ1n) is 6.88. The van der Waals surface area contributed by atoms with E-state index in [0.29, 0.717) is 18.2 Å². The van der Waals surface area contributed by atoms with Crippen molar-refractivity contribution >= 4 is 29.3 Å². The summed E-state index contributed by atoms with van der Waals surface area (Å²) in [6.07, 6.45) is 1.32. The van der Waals surface area contributed by atoms with Crippen molar-refractivity contribution in [2.45, 2.75) is 36.8 Å². The molecule has 1 unspecified atom stereocenters. The number of rotatable bonds is 3. The number of carbonyl (C=O) groups is 2. The van der Waals surface area contributed by atoms with Gasteiger partial charge in [-0.15, -0.1) is 11.8 Å². The highest BCUT2D eigenvalue weighted by molar-refractivity contribution is 8.00. The van der Waals surface area contributed by atoms with Gasteiger partial charge in [0.15, 0.2) is 0 Å². The van der Waals surface area contributed by atoms with Crippen LogP contribution in [0.5, 0.6) is 0 Å². The van der Waals surface area contributed by atoms with E-state index in [4.69, 9.17) is 0 Å². The Labute approximate surface area is 123 Å². The number of carbonyl (C=O) groups excluding carboxylic acids is 2. The molecule has 0 aliphatic carbocycles. The van der Waals surface area contributed by atoms with E-state index in [0.717, 1.165) is 23.5 Å². The fourth-order valence-electron chi connectivity index (χ4n) is 2.23. The first-order valence-corrected chi connectivity index (χ1v) is 7.76. The smallest absolute Gasteiger partial charge is 0.228 e. The van der Waals surface area contributed by atoms with Gasteiger partial charge in [0, 0.05) is 36.6 Å². The summed E-state index contributed by atoms with van der Waals surface area (Å²) < 4.78 is 0. The zero-order valence-corrected chi connectivity index (χ0v) is 12.7. The lowest BCUT2D eigenvalue weighted by Gasteiger charge is -2.22. The highest BCUT2D eigenvalue weighted by Gasteiger charge is 2.23. The Morgan fingerprint density at radius 2 is 2.15 bits per heavy atom. The molecule has 1 aromatic rings. The van der Waals surface area contributed by atoms with Gasteiger partial charge in [0.25, 0.3) is 0 Å². The molecular weight excluding hydrogens is 272 g/mol. The minimum Gasteiger partial charge on any atom is -0.356 e. The molecular formula is C15H20N2O2S. The third-order valence-electron chi connectivity index (χ3n) is 3.26. The van der Waals surface area contributed by atoms with Gasteiger partial charge in [0.2, 0.25) is 11.8 Å². The summed E-state index contributed by atoms with van der Waals surface area (Å²) in [5, 5.41) is 3.18. The first kappa shape index (κ1) is 14.9. The minimum atomic E-state index is -0.0988. The molecule has 108 valence electrons. The lowest BCUT2D eigenvalue weighted by Crippen LogP contribution is -2.35. The predicted molar refractivity (Wildman–Crippen MR) is 82.0 cm³/mol. The van der Waals surface area contributed by atoms with E-state index in [1.807, 2.05) is 34.9 Å². The molecule has 2 amide bonds. The van der Waals surface area contributed by atoms with Crippen LogP contribution in [0, 0.1) is 0 Å². The number of benzene rings is 1. The zero-order valence-electron chi connectivity index (χ0n) is 11.9. The summed E-state index contributed by atoms with van der Waals surface area (Å²) in [6.45, 7) is 4.79. The second-order valence-corrected chi connectivity index (χ2v) is 6.44. The number of thioether (sulfide) groups is 1. The van der Waals surface area contributed by atoms with E-state index in [1.165, 1.54) is 6.92 Å². The Morgan fingerprint density at radius 3 is 2.90 bits per heavy atom. The molecule has 0 saturated heterocycles. The average Bonchev–Trinajstić information content (AvgIpc) is 2.56. The van der Waals surface area contributed by atoms with Gasteiger partial charge in [-0.2, -0.15) is 0 Å². The van der Waals surface area contributed by atoms with Crippen molar-refractivity contribution < 1.29 is 9.59 Å². The number of hydrogen-bond acceptors (Lipinski definition) is 3. The van der Waals surface area contributed by atoms with Crippen LogP contribution in [0.4, 0.5) is 5.69 Å². The van der Waals surface area contributed by atoms with Crippen LogP contribution < -0.4 is 10.2 Å². The SMILES string of the molecule is CC(=O)NCCC(=O)N1CCC(C)Sc2ccccc21. The topological polar surface area (TPSA) is 49.4 Å². The second kappa shape index (κ2) is 6.79. The van der Waals surface area contributed by atoms with E-state index in [2.05, 4.69) is 18.3 Å². The van der Waals surface area contributed by atoms with Crippen molar-refractivity contribution in [1.29, 1.82) is 0 Å². The summed E-state index contributed by atoms with van der Waals surface area (Å²) in [5.41, 5.74) is 0.995. The summed E-state index contributed by atoms with van der Waals surface area (Å²) >= 11 is 1.82. The van der Waals surface area contributed by atoms with Gasteiger partial charge in [-0.05, 0) is 18.6 Å². The molecule has 1 N–H and O–H groups in total. The van der Waals surface area contributed by atoms with E-state index >= 15 is 0 Å². The number of anilines is 1. The maximum absolute atomic E-state index is 12.4. The maximum Gasteiger partial charge on any atom is 0.228 e. The molecule has 5 heteroatoms. The van der Waals surface area contributed by atoms with Crippen LogP contribution in [0.15, 0.2) is 29.2 Å². The molecule has 0 saturated carbocycles. The predicted octanol–water partition coefficient (Wildman–Crippen LogP) is 2.43. The molecule has 0 radical (unpaired) electrons. The molecule has 0 fully saturated rings. The molecule has 0 bridgehead atoms. The van der Waals surface area contributed by atoms with Crippen LogP contribution in [-0.4, -0.2) is 30.2 Å². The van der Waals surface area contributed by atoms with Crippen molar-refractivity contribution in [3.63, 3.8) is 0 Å². The number of nitrogens with zero attached hydrogens (tertiary/aromatic N) is 1. The van der Waals surface area contributed by atoms with Crippen LogP contribution in [0.1, 0.15) is 26.7 Å². The third-order valence-corrected chi connectivity index (χ3v) is 4.49. The van der Waals surface area contributed by atoms with E-state index in [1.54, 1.807) is 0 Å². The van der Waals surface area contributed by atoms with Crippen LogP contribution in [0.2, 0.25) is 0 Å². The van der Waals surface area contributed by atoms with Crippen molar-refractivity contribution in [2.24, 2.45) is 0 Å². The van der Waals surface area contributed by atoms with Gasteiger partial charge in [-0.3, -0.25) is 9.59 Å². The summed E-state index contributed by atoms with van der Waals surface area (Å²) in [5.74, 6) is -0.0286. The Morgan fingerprint density at radius 1 is 1.40 bits per heavy atom.